The molecule has 3 rings (SSSR count). The highest BCUT2D eigenvalue weighted by molar-refractivity contribution is 5.80. The molecule has 2 aliphatic carbocycles. The van der Waals surface area contributed by atoms with Gasteiger partial charge in [-0.15, -0.1) is 0 Å². The average molecular weight is 397 g/mol. The van der Waals surface area contributed by atoms with Crippen molar-refractivity contribution in [2.45, 2.75) is 70.6 Å². The Morgan fingerprint density at radius 1 is 1.29 bits per heavy atom. The van der Waals surface area contributed by atoms with Gasteiger partial charge in [0.05, 0.1) is 31.5 Å². The zero-order valence-corrected chi connectivity index (χ0v) is 18.0. The summed E-state index contributed by atoms with van der Waals surface area (Å²) in [5, 5.41) is 17.9. The molecule has 3 atom stereocenters. The molecule has 1 aliphatic heterocycles. The second-order valence-electron chi connectivity index (χ2n) is 8.90. The molecule has 3 fully saturated rings. The van der Waals surface area contributed by atoms with Crippen LogP contribution in [0.3, 0.4) is 0 Å². The van der Waals surface area contributed by atoms with Crippen LogP contribution in [0.1, 0.15) is 52.9 Å². The number of aliphatic hydroxyl groups is 1. The van der Waals surface area contributed by atoms with E-state index < -0.39 is 5.60 Å². The number of rotatable bonds is 8. The Hall–Kier alpha value is -0.890. The van der Waals surface area contributed by atoms with Crippen molar-refractivity contribution in [1.82, 2.24) is 15.5 Å². The Bertz CT molecular complexity index is 514. The number of β-amino-alcohol motifs (C(OH)–C–C–N with tert-alkyl or cyclic N) is 1. The normalized spacial score (nSPS) is 30.1. The van der Waals surface area contributed by atoms with Crippen molar-refractivity contribution in [3.05, 3.63) is 0 Å². The van der Waals surface area contributed by atoms with Crippen molar-refractivity contribution in [2.24, 2.45) is 10.4 Å². The fourth-order valence-electron chi connectivity index (χ4n) is 5.11. The molecule has 2 saturated carbocycles. The van der Waals surface area contributed by atoms with Crippen LogP contribution < -0.4 is 10.6 Å². The molecule has 0 radical (unpaired) electrons. The molecule has 3 N–H and O–H groups in total. The zero-order valence-electron chi connectivity index (χ0n) is 18.0. The summed E-state index contributed by atoms with van der Waals surface area (Å²) < 4.78 is 11.4. The minimum Gasteiger partial charge on any atom is -0.387 e. The Labute approximate surface area is 170 Å². The second kappa shape index (κ2) is 9.74. The van der Waals surface area contributed by atoms with Crippen LogP contribution in [-0.4, -0.2) is 86.3 Å². The highest BCUT2D eigenvalue weighted by atomic mass is 16.5. The lowest BCUT2D eigenvalue weighted by Gasteiger charge is -2.54. The number of guanidine groups is 1. The van der Waals surface area contributed by atoms with Crippen LogP contribution in [0.2, 0.25) is 0 Å². The van der Waals surface area contributed by atoms with Crippen LogP contribution in [0.25, 0.3) is 0 Å². The molecule has 0 bridgehead atoms. The number of nitrogens with zero attached hydrogens (tertiary/aromatic N) is 2. The molecule has 0 aromatic rings. The summed E-state index contributed by atoms with van der Waals surface area (Å²) >= 11 is 0. The van der Waals surface area contributed by atoms with Gasteiger partial charge in [-0.25, -0.2) is 0 Å². The van der Waals surface area contributed by atoms with Gasteiger partial charge < -0.3 is 25.2 Å². The molecule has 28 heavy (non-hydrogen) atoms. The van der Waals surface area contributed by atoms with Crippen molar-refractivity contribution in [2.75, 3.05) is 52.5 Å². The number of ether oxygens (including phenoxy) is 2. The summed E-state index contributed by atoms with van der Waals surface area (Å²) in [5.41, 5.74) is -0.583. The van der Waals surface area contributed by atoms with Gasteiger partial charge in [0, 0.05) is 44.2 Å². The maximum absolute atomic E-state index is 10.8. The first-order valence-electron chi connectivity index (χ1n) is 11.2. The topological polar surface area (TPSA) is 78.4 Å². The molecule has 7 heteroatoms. The monoisotopic (exact) mass is 396 g/mol. The Morgan fingerprint density at radius 2 is 2.00 bits per heavy atom. The maximum Gasteiger partial charge on any atom is 0.191 e. The van der Waals surface area contributed by atoms with Crippen LogP contribution in [0.15, 0.2) is 4.99 Å². The van der Waals surface area contributed by atoms with Gasteiger partial charge in [-0.2, -0.15) is 0 Å². The van der Waals surface area contributed by atoms with Crippen LogP contribution >= 0.6 is 0 Å². The molecule has 7 nitrogen and oxygen atoms in total. The van der Waals surface area contributed by atoms with E-state index in [0.29, 0.717) is 25.2 Å². The third-order valence-corrected chi connectivity index (χ3v) is 6.59. The molecule has 1 saturated heterocycles. The van der Waals surface area contributed by atoms with Crippen molar-refractivity contribution in [1.29, 1.82) is 0 Å². The summed E-state index contributed by atoms with van der Waals surface area (Å²) in [5.74, 6) is 0.816. The molecule has 3 aliphatic rings. The van der Waals surface area contributed by atoms with E-state index in [-0.39, 0.29) is 5.41 Å². The molecular formula is C21H40N4O3. The Balaban J connectivity index is 1.58. The lowest BCUT2D eigenvalue weighted by molar-refractivity contribution is -0.125. The van der Waals surface area contributed by atoms with E-state index in [4.69, 9.17) is 14.5 Å². The van der Waals surface area contributed by atoms with Gasteiger partial charge in [-0.05, 0) is 40.0 Å². The number of aliphatic imine (C=N–C) groups is 1. The third-order valence-electron chi connectivity index (χ3n) is 6.59. The van der Waals surface area contributed by atoms with Gasteiger partial charge in [0.15, 0.2) is 5.96 Å². The van der Waals surface area contributed by atoms with E-state index in [1.165, 1.54) is 25.7 Å². The van der Waals surface area contributed by atoms with E-state index in [1.807, 2.05) is 6.92 Å². The Morgan fingerprint density at radius 3 is 2.64 bits per heavy atom. The summed E-state index contributed by atoms with van der Waals surface area (Å²) in [6.07, 6.45) is 6.49. The standard InChI is InChI=1S/C21H40N4O3/c1-4-22-19(23-15-20(3,26)16-25-10-12-27-13-11-25)24-17-14-18(28-5-2)21(17)8-6-7-9-21/h17-18,26H,4-16H2,1-3H3,(H2,22,23,24). The summed E-state index contributed by atoms with van der Waals surface area (Å²) in [6, 6.07) is 0.411. The van der Waals surface area contributed by atoms with Gasteiger partial charge in [-0.1, -0.05) is 12.8 Å². The van der Waals surface area contributed by atoms with E-state index in [2.05, 4.69) is 29.4 Å². The maximum atomic E-state index is 10.8. The minimum atomic E-state index is -0.849. The van der Waals surface area contributed by atoms with Gasteiger partial charge in [-0.3, -0.25) is 9.89 Å². The number of morpholine rings is 1. The highest BCUT2D eigenvalue weighted by Crippen LogP contribution is 2.54. The first-order valence-corrected chi connectivity index (χ1v) is 11.2. The molecule has 1 spiro atoms. The summed E-state index contributed by atoms with van der Waals surface area (Å²) in [4.78, 5) is 7.00. The zero-order chi connectivity index (χ0) is 20.0. The van der Waals surface area contributed by atoms with Crippen LogP contribution in [-0.2, 0) is 9.47 Å². The van der Waals surface area contributed by atoms with Crippen molar-refractivity contribution >= 4 is 5.96 Å². The first-order chi connectivity index (χ1) is 13.5. The van der Waals surface area contributed by atoms with E-state index >= 15 is 0 Å². The summed E-state index contributed by atoms with van der Waals surface area (Å²) in [6.45, 7) is 11.9. The molecular weight excluding hydrogens is 356 g/mol. The third kappa shape index (κ3) is 5.17. The molecule has 0 aromatic heterocycles. The average Bonchev–Trinajstić information content (AvgIpc) is 3.19. The molecule has 3 unspecified atom stereocenters. The van der Waals surface area contributed by atoms with E-state index in [0.717, 1.165) is 51.8 Å². The van der Waals surface area contributed by atoms with Gasteiger partial charge >= 0.3 is 0 Å². The summed E-state index contributed by atoms with van der Waals surface area (Å²) in [7, 11) is 0. The van der Waals surface area contributed by atoms with Gasteiger partial charge in [0.1, 0.15) is 0 Å². The predicted molar refractivity (Wildman–Crippen MR) is 112 cm³/mol. The smallest absolute Gasteiger partial charge is 0.191 e. The molecule has 1 heterocycles. The van der Waals surface area contributed by atoms with Crippen LogP contribution in [0.4, 0.5) is 0 Å². The molecule has 0 aromatic carbocycles. The van der Waals surface area contributed by atoms with Gasteiger partial charge in [0.25, 0.3) is 0 Å². The second-order valence-corrected chi connectivity index (χ2v) is 8.90. The fraction of sp³-hybridized carbons (Fsp3) is 0.952. The van der Waals surface area contributed by atoms with Crippen LogP contribution in [0.5, 0.6) is 0 Å². The van der Waals surface area contributed by atoms with Gasteiger partial charge in [0.2, 0.25) is 0 Å². The SMILES string of the molecule is CCNC(=NCC(C)(O)CN1CCOCC1)NC1CC(OCC)C12CCCC2. The van der Waals surface area contributed by atoms with E-state index in [9.17, 15) is 5.11 Å². The quantitative estimate of drug-likeness (QED) is 0.425. The fourth-order valence-corrected chi connectivity index (χ4v) is 5.11. The number of hydrogen-bond acceptors (Lipinski definition) is 5. The lowest BCUT2D eigenvalue weighted by Crippen LogP contribution is -2.65. The van der Waals surface area contributed by atoms with Crippen molar-refractivity contribution in [3.63, 3.8) is 0 Å². The van der Waals surface area contributed by atoms with Crippen molar-refractivity contribution < 1.29 is 14.6 Å². The largest absolute Gasteiger partial charge is 0.387 e. The lowest BCUT2D eigenvalue weighted by atomic mass is 9.60. The Kier molecular flexibility index (Phi) is 7.59. The predicted octanol–water partition coefficient (Wildman–Crippen LogP) is 1.36. The van der Waals surface area contributed by atoms with Crippen LogP contribution in [0, 0.1) is 5.41 Å². The minimum absolute atomic E-state index is 0.266. The molecule has 0 amide bonds. The van der Waals surface area contributed by atoms with E-state index in [1.54, 1.807) is 0 Å². The highest BCUT2D eigenvalue weighted by Gasteiger charge is 2.57. The molecule has 162 valence electrons. The number of hydrogen-bond donors (Lipinski definition) is 3. The first kappa shape index (κ1) is 21.8. The van der Waals surface area contributed by atoms with Crippen molar-refractivity contribution in [3.8, 4) is 0 Å². The number of nitrogens with one attached hydrogen (secondary N) is 2.